The highest BCUT2D eigenvalue weighted by Crippen LogP contribution is 2.45. The number of halogens is 3. The van der Waals surface area contributed by atoms with Crippen LogP contribution >= 0.6 is 0 Å². The fraction of sp³-hybridized carbons (Fsp3) is 0.200. The summed E-state index contributed by atoms with van der Waals surface area (Å²) in [5.41, 5.74) is 3.02. The normalized spacial score (nSPS) is 14.0. The summed E-state index contributed by atoms with van der Waals surface area (Å²) in [6.07, 6.45) is -8.40. The quantitative estimate of drug-likeness (QED) is 0.286. The first kappa shape index (κ1) is 25.4. The molecule has 0 radical (unpaired) electrons. The molecule has 7 nitrogen and oxygen atoms in total. The van der Waals surface area contributed by atoms with E-state index < -0.39 is 51.6 Å². The van der Waals surface area contributed by atoms with Crippen molar-refractivity contribution in [1.29, 1.82) is 0 Å². The first-order valence-corrected chi connectivity index (χ1v) is 12.2. The SMILES string of the molecule is Cc1ccc(C(=O)OC(CS(=O)(=O)O)C(F)(F)F)c(OC(=O)C2c3ccccc3-c3ccccc32)c1. The molecule has 0 spiro atoms. The molecule has 0 amide bonds. The predicted molar refractivity (Wildman–Crippen MR) is 122 cm³/mol. The van der Waals surface area contributed by atoms with Gasteiger partial charge in [0.15, 0.2) is 0 Å². The number of aryl methyl sites for hydroxylation is 1. The van der Waals surface area contributed by atoms with Crippen molar-refractivity contribution in [1.82, 2.24) is 0 Å². The minimum Gasteiger partial charge on any atom is -0.448 e. The van der Waals surface area contributed by atoms with Crippen LogP contribution in [0, 0.1) is 6.92 Å². The van der Waals surface area contributed by atoms with E-state index in [1.165, 1.54) is 12.1 Å². The summed E-state index contributed by atoms with van der Waals surface area (Å²) >= 11 is 0. The van der Waals surface area contributed by atoms with Crippen LogP contribution in [-0.4, -0.2) is 42.9 Å². The number of esters is 2. The second-order valence-electron chi connectivity index (χ2n) is 8.21. The molecule has 3 aromatic rings. The van der Waals surface area contributed by atoms with Gasteiger partial charge in [-0.25, -0.2) is 4.79 Å². The first-order chi connectivity index (χ1) is 16.8. The lowest BCUT2D eigenvalue weighted by atomic mass is 9.97. The van der Waals surface area contributed by atoms with Gasteiger partial charge < -0.3 is 9.47 Å². The fourth-order valence-corrected chi connectivity index (χ4v) is 4.68. The van der Waals surface area contributed by atoms with Crippen LogP contribution in [0.1, 0.15) is 33.0 Å². The van der Waals surface area contributed by atoms with Crippen molar-refractivity contribution in [3.8, 4) is 16.9 Å². The van der Waals surface area contributed by atoms with Crippen LogP contribution in [0.5, 0.6) is 5.75 Å². The van der Waals surface area contributed by atoms with Crippen molar-refractivity contribution < 1.29 is 45.2 Å². The summed E-state index contributed by atoms with van der Waals surface area (Å²) in [5, 5.41) is 0. The maximum Gasteiger partial charge on any atom is 0.426 e. The van der Waals surface area contributed by atoms with E-state index >= 15 is 0 Å². The largest absolute Gasteiger partial charge is 0.448 e. The minimum absolute atomic E-state index is 0.348. The zero-order valence-corrected chi connectivity index (χ0v) is 19.5. The number of hydrogen-bond acceptors (Lipinski definition) is 6. The van der Waals surface area contributed by atoms with E-state index in [0.29, 0.717) is 16.7 Å². The Morgan fingerprint density at radius 1 is 0.972 bits per heavy atom. The Balaban J connectivity index is 1.65. The Labute approximate surface area is 204 Å². The van der Waals surface area contributed by atoms with Crippen molar-refractivity contribution >= 4 is 22.1 Å². The van der Waals surface area contributed by atoms with E-state index in [1.54, 1.807) is 31.2 Å². The van der Waals surface area contributed by atoms with Gasteiger partial charge in [-0.1, -0.05) is 54.6 Å². The molecule has 3 aromatic carbocycles. The summed E-state index contributed by atoms with van der Waals surface area (Å²) < 4.78 is 80.5. The molecule has 36 heavy (non-hydrogen) atoms. The molecule has 1 unspecified atom stereocenters. The molecular weight excluding hydrogens is 501 g/mol. The average Bonchev–Trinajstić information content (AvgIpc) is 3.12. The van der Waals surface area contributed by atoms with Crippen molar-refractivity contribution in [3.05, 3.63) is 89.0 Å². The van der Waals surface area contributed by atoms with Crippen LogP contribution in [0.3, 0.4) is 0 Å². The highest BCUT2D eigenvalue weighted by molar-refractivity contribution is 7.85. The molecule has 0 saturated heterocycles. The first-order valence-electron chi connectivity index (χ1n) is 10.6. The van der Waals surface area contributed by atoms with Crippen LogP contribution < -0.4 is 4.74 Å². The third-order valence-corrected chi connectivity index (χ3v) is 6.34. The highest BCUT2D eigenvalue weighted by atomic mass is 32.2. The van der Waals surface area contributed by atoms with Crippen LogP contribution in [0.4, 0.5) is 13.2 Å². The molecule has 0 aromatic heterocycles. The molecule has 0 bridgehead atoms. The minimum atomic E-state index is -5.27. The molecule has 0 heterocycles. The molecule has 1 N–H and O–H groups in total. The Kier molecular flexibility index (Phi) is 6.63. The van der Waals surface area contributed by atoms with Gasteiger partial charge in [0.05, 0.1) is 0 Å². The molecule has 1 atom stereocenters. The van der Waals surface area contributed by atoms with Gasteiger partial charge in [-0.05, 0) is 46.9 Å². The zero-order chi connectivity index (χ0) is 26.3. The Morgan fingerprint density at radius 2 is 1.53 bits per heavy atom. The smallest absolute Gasteiger partial charge is 0.426 e. The van der Waals surface area contributed by atoms with E-state index in [-0.39, 0.29) is 5.75 Å². The van der Waals surface area contributed by atoms with Gasteiger partial charge in [-0.2, -0.15) is 21.6 Å². The van der Waals surface area contributed by atoms with Gasteiger partial charge in [-0.15, -0.1) is 0 Å². The zero-order valence-electron chi connectivity index (χ0n) is 18.7. The number of carbonyl (C=O) groups is 2. The predicted octanol–water partition coefficient (Wildman–Crippen LogP) is 4.69. The lowest BCUT2D eigenvalue weighted by molar-refractivity contribution is -0.197. The van der Waals surface area contributed by atoms with Gasteiger partial charge in [-0.3, -0.25) is 9.35 Å². The molecule has 4 rings (SSSR count). The molecule has 1 aliphatic carbocycles. The van der Waals surface area contributed by atoms with Crippen molar-refractivity contribution in [2.75, 3.05) is 5.75 Å². The molecular formula is C25H19F3O7S. The molecule has 11 heteroatoms. The number of rotatable bonds is 6. The Bertz CT molecular complexity index is 1400. The van der Waals surface area contributed by atoms with Crippen molar-refractivity contribution in [2.45, 2.75) is 25.1 Å². The molecule has 1 aliphatic rings. The van der Waals surface area contributed by atoms with Crippen LogP contribution in [-0.2, 0) is 19.6 Å². The summed E-state index contributed by atoms with van der Waals surface area (Å²) in [7, 11) is -5.12. The van der Waals surface area contributed by atoms with Gasteiger partial charge in [0.2, 0.25) is 6.10 Å². The number of carbonyl (C=O) groups excluding carboxylic acids is 2. The summed E-state index contributed by atoms with van der Waals surface area (Å²) in [5.74, 6) is -5.41. The maximum absolute atomic E-state index is 13.3. The highest BCUT2D eigenvalue weighted by Gasteiger charge is 2.46. The molecule has 0 fully saturated rings. The summed E-state index contributed by atoms with van der Waals surface area (Å²) in [6, 6.07) is 18.2. The van der Waals surface area contributed by atoms with Crippen LogP contribution in [0.25, 0.3) is 11.1 Å². The number of alkyl halides is 3. The topological polar surface area (TPSA) is 107 Å². The van der Waals surface area contributed by atoms with E-state index in [4.69, 9.17) is 9.29 Å². The van der Waals surface area contributed by atoms with Crippen molar-refractivity contribution in [3.63, 3.8) is 0 Å². The second-order valence-corrected chi connectivity index (χ2v) is 9.71. The molecule has 0 aliphatic heterocycles. The molecule has 188 valence electrons. The molecule has 0 saturated carbocycles. The van der Waals surface area contributed by atoms with E-state index in [0.717, 1.165) is 17.2 Å². The average molecular weight is 520 g/mol. The summed E-state index contributed by atoms with van der Waals surface area (Å²) in [4.78, 5) is 26.0. The van der Waals surface area contributed by atoms with Crippen LogP contribution in [0.2, 0.25) is 0 Å². The van der Waals surface area contributed by atoms with Gasteiger partial charge in [0, 0.05) is 0 Å². The Hall–Kier alpha value is -3.70. The van der Waals surface area contributed by atoms with Crippen LogP contribution in [0.15, 0.2) is 66.7 Å². The van der Waals surface area contributed by atoms with E-state index in [9.17, 15) is 31.2 Å². The van der Waals surface area contributed by atoms with E-state index in [2.05, 4.69) is 4.74 Å². The number of benzene rings is 3. The standard InChI is InChI=1S/C25H19F3O7S/c1-14-10-11-19(23(29)35-21(25(26,27)28)13-36(31,32)33)20(12-14)34-24(30)22-17-8-4-2-6-15(17)16-7-3-5-9-18(16)22/h2-12,21-22H,13H2,1H3,(H,31,32,33). The number of fused-ring (bicyclic) bond motifs is 3. The lowest BCUT2D eigenvalue weighted by Gasteiger charge is -2.20. The number of ether oxygens (including phenoxy) is 2. The number of hydrogen-bond donors (Lipinski definition) is 1. The van der Waals surface area contributed by atoms with Crippen molar-refractivity contribution in [2.24, 2.45) is 0 Å². The van der Waals surface area contributed by atoms with Gasteiger partial charge in [0.25, 0.3) is 10.1 Å². The third-order valence-electron chi connectivity index (χ3n) is 5.61. The lowest BCUT2D eigenvalue weighted by Crippen LogP contribution is -2.39. The third kappa shape index (κ3) is 5.26. The summed E-state index contributed by atoms with van der Waals surface area (Å²) in [6.45, 7) is 1.61. The second kappa shape index (κ2) is 9.40. The van der Waals surface area contributed by atoms with Gasteiger partial charge in [0.1, 0.15) is 23.0 Å². The monoisotopic (exact) mass is 520 g/mol. The van der Waals surface area contributed by atoms with E-state index in [1.807, 2.05) is 24.3 Å². The fourth-order valence-electron chi connectivity index (χ4n) is 4.04. The Morgan fingerprint density at radius 3 is 2.06 bits per heavy atom. The maximum atomic E-state index is 13.3. The van der Waals surface area contributed by atoms with Gasteiger partial charge >= 0.3 is 18.1 Å².